The predicted molar refractivity (Wildman–Crippen MR) is 265 cm³/mol. The van der Waals surface area contributed by atoms with Crippen molar-refractivity contribution in [2.75, 3.05) is 89.4 Å². The average Bonchev–Trinajstić information content (AvgIpc) is 4.16. The molecule has 378 valence electrons. The van der Waals surface area contributed by atoms with Crippen LogP contribution in [0.5, 0.6) is 0 Å². The molecule has 0 spiro atoms. The number of carboxylic acids is 2. The van der Waals surface area contributed by atoms with Gasteiger partial charge in [-0.2, -0.15) is 0 Å². The molecule has 70 heavy (non-hydrogen) atoms. The highest BCUT2D eigenvalue weighted by Crippen LogP contribution is 2.23. The number of nitrogens with one attached hydrogen (secondary N) is 4. The second-order valence-electron chi connectivity index (χ2n) is 16.9. The minimum Gasteiger partial charge on any atom is -0.473 e. The summed E-state index contributed by atoms with van der Waals surface area (Å²) in [6, 6.07) is 16.0. The zero-order chi connectivity index (χ0) is 49.8. The number of likely N-dealkylation sites (tertiary alicyclic amines) is 2. The smallest absolute Gasteiger partial charge is 0.414 e. The molecule has 8 rings (SSSR count). The molecule has 22 heteroatoms. The first-order chi connectivity index (χ1) is 33.9. The van der Waals surface area contributed by atoms with E-state index in [1.807, 2.05) is 98.0 Å². The number of hydrogen-bond acceptors (Lipinski definition) is 14. The summed E-state index contributed by atoms with van der Waals surface area (Å²) in [7, 11) is 3.77. The summed E-state index contributed by atoms with van der Waals surface area (Å²) in [6.45, 7) is 15.2. The van der Waals surface area contributed by atoms with Crippen molar-refractivity contribution in [2.24, 2.45) is 14.1 Å². The number of nitrogens with zero attached hydrogens (tertiary/aromatic N) is 10. The number of carbonyl (C=O) groups is 4. The topological polar surface area (TPSA) is 253 Å². The SMILES string of the molecule is CCOCCn1c(NC2CCN(CCNC(=O)c3cccn3C)CC2)nc2cccnc21.CCOCCn1c(NC2CCN(CCNC(=O)c3cccn3C)CC2)nc2cccnc21.O=C(O)C(=O)O. The minimum absolute atomic E-state index is 0.0198. The highest BCUT2D eigenvalue weighted by atomic mass is 16.5. The van der Waals surface area contributed by atoms with E-state index in [0.29, 0.717) is 63.0 Å². The molecule has 0 unspecified atom stereocenters. The Bertz CT molecular complexity index is 2410. The van der Waals surface area contributed by atoms with Crippen LogP contribution < -0.4 is 21.3 Å². The van der Waals surface area contributed by atoms with Crippen molar-refractivity contribution in [1.82, 2.24) is 58.6 Å². The molecule has 2 aliphatic heterocycles. The fourth-order valence-corrected chi connectivity index (χ4v) is 8.36. The Kier molecular flexibility index (Phi) is 20.1. The molecule has 6 N–H and O–H groups in total. The number of aliphatic carboxylic acids is 2. The van der Waals surface area contributed by atoms with Gasteiger partial charge in [0.2, 0.25) is 11.9 Å². The van der Waals surface area contributed by atoms with Gasteiger partial charge in [0, 0.05) is 117 Å². The van der Waals surface area contributed by atoms with Crippen LogP contribution in [0.25, 0.3) is 22.3 Å². The van der Waals surface area contributed by atoms with Gasteiger partial charge in [-0.05, 0) is 88.1 Å². The number of anilines is 2. The lowest BCUT2D eigenvalue weighted by Crippen LogP contribution is -2.43. The normalized spacial score (nSPS) is 14.6. The van der Waals surface area contributed by atoms with Gasteiger partial charge in [0.1, 0.15) is 22.4 Å². The number of hydrogen-bond donors (Lipinski definition) is 6. The predicted octanol–water partition coefficient (Wildman–Crippen LogP) is 3.38. The Hall–Kier alpha value is -6.88. The summed E-state index contributed by atoms with van der Waals surface area (Å²) in [4.78, 5) is 66.1. The first-order valence-electron chi connectivity index (χ1n) is 24.0. The molecule has 2 aliphatic rings. The van der Waals surface area contributed by atoms with Gasteiger partial charge < -0.3 is 59.9 Å². The average molecular weight is 969 g/mol. The summed E-state index contributed by atoms with van der Waals surface area (Å²) in [5, 5.41) is 28.1. The van der Waals surface area contributed by atoms with Crippen LogP contribution in [-0.2, 0) is 46.2 Å². The maximum Gasteiger partial charge on any atom is 0.414 e. The zero-order valence-electron chi connectivity index (χ0n) is 40.6. The van der Waals surface area contributed by atoms with E-state index in [9.17, 15) is 9.59 Å². The van der Waals surface area contributed by atoms with Crippen LogP contribution in [0.4, 0.5) is 11.9 Å². The molecule has 8 heterocycles. The summed E-state index contributed by atoms with van der Waals surface area (Å²) in [6.07, 6.45) is 11.5. The van der Waals surface area contributed by atoms with Gasteiger partial charge >= 0.3 is 11.9 Å². The van der Waals surface area contributed by atoms with E-state index in [1.165, 1.54) is 0 Å². The van der Waals surface area contributed by atoms with Crippen molar-refractivity contribution >= 4 is 58.0 Å². The number of aromatic nitrogens is 8. The highest BCUT2D eigenvalue weighted by molar-refractivity contribution is 6.27. The van der Waals surface area contributed by atoms with Gasteiger partial charge in [0.05, 0.1) is 26.3 Å². The van der Waals surface area contributed by atoms with Gasteiger partial charge in [0.15, 0.2) is 11.3 Å². The Labute approximate surface area is 407 Å². The standard InChI is InChI=1S/2C23H33N7O2.C2H2O4/c2*1-3-32-17-16-30-21-19(6-4-10-24-21)27-23(30)26-18-8-13-29(14-9-18)15-11-25-22(31)20-7-5-12-28(20)2;3-1(4)2(5)6/h2*4-7,10,12,18H,3,8-9,11,13-17H2,1-2H3,(H,25,31)(H,26,27);(H,3,4)(H,5,6). The molecule has 6 aromatic rings. The van der Waals surface area contributed by atoms with Crippen LogP contribution in [-0.4, -0.2) is 173 Å². The summed E-state index contributed by atoms with van der Waals surface area (Å²) in [5.74, 6) is -1.95. The number of imidazole rings is 2. The molecule has 0 aromatic carbocycles. The van der Waals surface area contributed by atoms with Crippen molar-refractivity contribution in [1.29, 1.82) is 0 Å². The fraction of sp³-hybridized carbons (Fsp3) is 0.500. The Morgan fingerprint density at radius 1 is 0.600 bits per heavy atom. The number of amides is 2. The molecule has 22 nitrogen and oxygen atoms in total. The van der Waals surface area contributed by atoms with Crippen LogP contribution in [0.3, 0.4) is 0 Å². The van der Waals surface area contributed by atoms with E-state index >= 15 is 0 Å². The summed E-state index contributed by atoms with van der Waals surface area (Å²) >= 11 is 0. The van der Waals surface area contributed by atoms with Crippen LogP contribution in [0.1, 0.15) is 60.5 Å². The van der Waals surface area contributed by atoms with Gasteiger partial charge in [0.25, 0.3) is 11.8 Å². The number of aryl methyl sites for hydroxylation is 2. The minimum atomic E-state index is -1.82. The van der Waals surface area contributed by atoms with Gasteiger partial charge in [-0.15, -0.1) is 0 Å². The summed E-state index contributed by atoms with van der Waals surface area (Å²) < 4.78 is 19.0. The van der Waals surface area contributed by atoms with Crippen LogP contribution >= 0.6 is 0 Å². The second-order valence-corrected chi connectivity index (χ2v) is 16.9. The van der Waals surface area contributed by atoms with E-state index in [1.54, 1.807) is 12.4 Å². The molecule has 0 saturated carbocycles. The van der Waals surface area contributed by atoms with E-state index in [4.69, 9.17) is 39.2 Å². The van der Waals surface area contributed by atoms with E-state index in [-0.39, 0.29) is 11.8 Å². The van der Waals surface area contributed by atoms with E-state index in [0.717, 1.165) is 112 Å². The molecule has 2 fully saturated rings. The Balaban J connectivity index is 0.000000206. The second kappa shape index (κ2) is 26.8. The molecule has 0 aliphatic carbocycles. The van der Waals surface area contributed by atoms with Crippen LogP contribution in [0.15, 0.2) is 73.3 Å². The lowest BCUT2D eigenvalue weighted by molar-refractivity contribution is -0.159. The number of carbonyl (C=O) groups excluding carboxylic acids is 2. The van der Waals surface area contributed by atoms with Gasteiger partial charge in [-0.25, -0.2) is 29.5 Å². The molecule has 2 amide bonds. The lowest BCUT2D eigenvalue weighted by Gasteiger charge is -2.32. The summed E-state index contributed by atoms with van der Waals surface area (Å²) in [5.41, 5.74) is 4.96. The van der Waals surface area contributed by atoms with Crippen molar-refractivity contribution < 1.29 is 38.9 Å². The molecule has 6 aromatic heterocycles. The highest BCUT2D eigenvalue weighted by Gasteiger charge is 2.24. The van der Waals surface area contributed by atoms with Crippen molar-refractivity contribution in [3.63, 3.8) is 0 Å². The van der Waals surface area contributed by atoms with Crippen LogP contribution in [0, 0.1) is 0 Å². The maximum atomic E-state index is 12.2. The maximum absolute atomic E-state index is 12.2. The first-order valence-corrected chi connectivity index (χ1v) is 24.0. The van der Waals surface area contributed by atoms with Crippen LogP contribution in [0.2, 0.25) is 0 Å². The van der Waals surface area contributed by atoms with E-state index in [2.05, 4.69) is 50.2 Å². The molecule has 0 atom stereocenters. The Morgan fingerprint density at radius 2 is 1.00 bits per heavy atom. The van der Waals surface area contributed by atoms with Gasteiger partial charge in [-0.1, -0.05) is 0 Å². The monoisotopic (exact) mass is 969 g/mol. The number of pyridine rings is 2. The first kappa shape index (κ1) is 52.5. The van der Waals surface area contributed by atoms with Crippen molar-refractivity contribution in [3.8, 4) is 0 Å². The number of rotatable bonds is 20. The number of fused-ring (bicyclic) bond motifs is 2. The van der Waals surface area contributed by atoms with Gasteiger partial charge in [-0.3, -0.25) is 18.7 Å². The quantitative estimate of drug-likeness (QED) is 0.0474. The van der Waals surface area contributed by atoms with Crippen molar-refractivity contribution in [3.05, 3.63) is 84.7 Å². The third kappa shape index (κ3) is 15.1. The number of carboxylic acid groups (broad SMARTS) is 2. The molecular weight excluding hydrogens is 901 g/mol. The molecule has 2 saturated heterocycles. The number of ether oxygens (including phenoxy) is 2. The molecule has 0 radical (unpaired) electrons. The third-order valence-electron chi connectivity index (χ3n) is 12.1. The zero-order valence-corrected chi connectivity index (χ0v) is 40.6. The van der Waals surface area contributed by atoms with E-state index < -0.39 is 11.9 Å². The number of piperidine rings is 2. The largest absolute Gasteiger partial charge is 0.473 e. The van der Waals surface area contributed by atoms with Crippen molar-refractivity contribution in [2.45, 2.75) is 64.7 Å². The molecular formula is C48H68N14O8. The fourth-order valence-electron chi connectivity index (χ4n) is 8.36. The third-order valence-corrected chi connectivity index (χ3v) is 12.1. The Morgan fingerprint density at radius 3 is 1.34 bits per heavy atom. The molecule has 0 bridgehead atoms. The lowest BCUT2D eigenvalue weighted by atomic mass is 10.1.